The van der Waals surface area contributed by atoms with Crippen molar-refractivity contribution >= 4 is 49.9 Å². The molecule has 2 aliphatic rings. The van der Waals surface area contributed by atoms with E-state index in [0.29, 0.717) is 6.54 Å². The normalized spacial score (nSPS) is 15.1. The van der Waals surface area contributed by atoms with Gasteiger partial charge < -0.3 is 15.1 Å². The van der Waals surface area contributed by atoms with Crippen LogP contribution >= 0.6 is 11.3 Å². The summed E-state index contributed by atoms with van der Waals surface area (Å²) >= 11 is 1.65. The predicted molar refractivity (Wildman–Crippen MR) is 169 cm³/mol. The van der Waals surface area contributed by atoms with Gasteiger partial charge in [0, 0.05) is 53.9 Å². The number of fused-ring (bicyclic) bond motifs is 6. The van der Waals surface area contributed by atoms with E-state index in [-0.39, 0.29) is 18.3 Å². The fourth-order valence-electron chi connectivity index (χ4n) is 6.23. The third-order valence-corrected chi connectivity index (χ3v) is 9.73. The number of aryl methyl sites for hydroxylation is 2. The number of amides is 1. The van der Waals surface area contributed by atoms with Crippen molar-refractivity contribution in [3.8, 4) is 10.4 Å². The molecule has 0 unspecified atom stereocenters. The molecule has 0 atom stereocenters. The number of halogens is 1. The molecule has 222 valence electrons. The Labute approximate surface area is 256 Å². The van der Waals surface area contributed by atoms with Crippen molar-refractivity contribution in [2.45, 2.75) is 25.9 Å². The van der Waals surface area contributed by atoms with Gasteiger partial charge in [0.2, 0.25) is 5.91 Å². The lowest BCUT2D eigenvalue weighted by Gasteiger charge is -2.32. The summed E-state index contributed by atoms with van der Waals surface area (Å²) in [5.41, 5.74) is 6.05. The number of carbonyl (C=O) groups is 1. The predicted octanol–water partition coefficient (Wildman–Crippen LogP) is 4.71. The van der Waals surface area contributed by atoms with E-state index in [1.165, 1.54) is 17.7 Å². The van der Waals surface area contributed by atoms with Crippen LogP contribution in [0.25, 0.3) is 31.6 Å². The fourth-order valence-corrected chi connectivity index (χ4v) is 7.45. The van der Waals surface area contributed by atoms with E-state index in [1.54, 1.807) is 28.4 Å². The molecule has 12 heteroatoms. The van der Waals surface area contributed by atoms with Crippen LogP contribution in [0.15, 0.2) is 61.2 Å². The number of hydrogen-bond donors (Lipinski definition) is 1. The number of benzene rings is 2. The first-order valence-electron chi connectivity index (χ1n) is 14.7. The van der Waals surface area contributed by atoms with Gasteiger partial charge in [-0.2, -0.15) is 10.2 Å². The van der Waals surface area contributed by atoms with E-state index in [2.05, 4.69) is 38.4 Å². The van der Waals surface area contributed by atoms with Crippen molar-refractivity contribution in [1.82, 2.24) is 39.3 Å². The summed E-state index contributed by atoms with van der Waals surface area (Å²) in [6.07, 6.45) is 7.08. The topological polar surface area (TPSA) is 97.0 Å². The summed E-state index contributed by atoms with van der Waals surface area (Å²) < 4.78 is 17.4. The molecule has 0 bridgehead atoms. The molecule has 10 nitrogen and oxygen atoms in total. The number of aromatic nitrogens is 6. The van der Waals surface area contributed by atoms with E-state index in [9.17, 15) is 9.18 Å². The zero-order valence-electron chi connectivity index (χ0n) is 24.2. The summed E-state index contributed by atoms with van der Waals surface area (Å²) in [7, 11) is 2.09. The van der Waals surface area contributed by atoms with Crippen LogP contribution in [0, 0.1) is 5.82 Å². The van der Waals surface area contributed by atoms with E-state index < -0.39 is 0 Å². The zero-order chi connectivity index (χ0) is 29.8. The molecule has 0 radical (unpaired) electrons. The zero-order valence-corrected chi connectivity index (χ0v) is 25.0. The lowest BCUT2D eigenvalue weighted by atomic mass is 9.95. The Bertz CT molecular complexity index is 2040. The third kappa shape index (κ3) is 4.89. The first kappa shape index (κ1) is 26.9. The highest BCUT2D eigenvalue weighted by atomic mass is 32.1. The highest BCUT2D eigenvalue weighted by molar-refractivity contribution is 7.22. The standard InChI is InChI=1S/C32H30FN9OS/c1-39-9-11-40(12-10-39)28(43)18-41-17-25-26(38-41)7-6-24-29-31(34-19-35-32(29)44-30(24)25)37-23-5-8-27-21(14-23)15-36-42(27)16-20-3-2-4-22(33)13-20/h2-5,8,13-15,17,19H,6-7,9-12,16,18H2,1H3,(H,34,35,37). The monoisotopic (exact) mass is 607 g/mol. The molecule has 1 aliphatic heterocycles. The SMILES string of the molecule is CN1CCN(C(=O)Cn2cc3c(n2)CCc2c-3sc3ncnc(Nc4ccc5c(cnn5Cc5cccc(F)c5)c4)c23)CC1. The molecule has 1 amide bonds. The Morgan fingerprint density at radius 1 is 1.07 bits per heavy atom. The van der Waals surface area contributed by atoms with Gasteiger partial charge in [-0.15, -0.1) is 11.3 Å². The largest absolute Gasteiger partial charge is 0.340 e. The minimum Gasteiger partial charge on any atom is -0.340 e. The molecule has 44 heavy (non-hydrogen) atoms. The fraction of sp³-hybridized carbons (Fsp3) is 0.281. The second kappa shape index (κ2) is 10.8. The summed E-state index contributed by atoms with van der Waals surface area (Å²) in [6.45, 7) is 4.07. The van der Waals surface area contributed by atoms with Gasteiger partial charge in [0.15, 0.2) is 0 Å². The van der Waals surface area contributed by atoms with Crippen molar-refractivity contribution in [3.63, 3.8) is 0 Å². The maximum atomic E-state index is 13.7. The molecule has 1 N–H and O–H groups in total. The molecule has 2 aromatic carbocycles. The van der Waals surface area contributed by atoms with Crippen LogP contribution in [0.1, 0.15) is 16.8 Å². The number of nitrogens with zero attached hydrogens (tertiary/aromatic N) is 8. The van der Waals surface area contributed by atoms with E-state index in [0.717, 1.165) is 93.3 Å². The van der Waals surface area contributed by atoms with Crippen molar-refractivity contribution in [2.75, 3.05) is 38.5 Å². The maximum Gasteiger partial charge on any atom is 0.244 e. The first-order chi connectivity index (χ1) is 21.5. The number of thiophene rings is 1. The highest BCUT2D eigenvalue weighted by Crippen LogP contribution is 2.45. The van der Waals surface area contributed by atoms with Crippen LogP contribution < -0.4 is 5.32 Å². The van der Waals surface area contributed by atoms with Crippen LogP contribution in [0.3, 0.4) is 0 Å². The number of carbonyl (C=O) groups excluding carboxylic acids is 1. The van der Waals surface area contributed by atoms with Crippen LogP contribution in [-0.4, -0.2) is 78.5 Å². The average molecular weight is 608 g/mol. The van der Waals surface area contributed by atoms with Gasteiger partial charge in [0.25, 0.3) is 0 Å². The van der Waals surface area contributed by atoms with Crippen molar-refractivity contribution < 1.29 is 9.18 Å². The molecular formula is C32H30FN9OS. The highest BCUT2D eigenvalue weighted by Gasteiger charge is 2.27. The molecule has 1 aliphatic carbocycles. The van der Waals surface area contributed by atoms with E-state index in [1.807, 2.05) is 40.2 Å². The molecular weight excluding hydrogens is 577 g/mol. The molecule has 5 heterocycles. The lowest BCUT2D eigenvalue weighted by Crippen LogP contribution is -2.48. The summed E-state index contributed by atoms with van der Waals surface area (Å²) in [5.74, 6) is 0.627. The number of anilines is 2. The lowest BCUT2D eigenvalue weighted by molar-refractivity contribution is -0.133. The Kier molecular flexibility index (Phi) is 6.60. The van der Waals surface area contributed by atoms with Crippen molar-refractivity contribution in [2.24, 2.45) is 0 Å². The number of rotatable bonds is 6. The number of hydrogen-bond acceptors (Lipinski definition) is 8. The molecule has 8 rings (SSSR count). The van der Waals surface area contributed by atoms with Crippen molar-refractivity contribution in [1.29, 1.82) is 0 Å². The number of nitrogens with one attached hydrogen (secondary N) is 1. The number of piperazine rings is 1. The molecule has 1 fully saturated rings. The smallest absolute Gasteiger partial charge is 0.244 e. The van der Waals surface area contributed by atoms with Gasteiger partial charge in [0.1, 0.15) is 29.3 Å². The summed E-state index contributed by atoms with van der Waals surface area (Å²) in [5, 5.41) is 14.9. The van der Waals surface area contributed by atoms with Gasteiger partial charge in [-0.3, -0.25) is 14.2 Å². The van der Waals surface area contributed by atoms with E-state index in [4.69, 9.17) is 5.10 Å². The molecule has 0 spiro atoms. The summed E-state index contributed by atoms with van der Waals surface area (Å²) in [6, 6.07) is 12.7. The van der Waals surface area contributed by atoms with Gasteiger partial charge in [-0.1, -0.05) is 12.1 Å². The quantitative estimate of drug-likeness (QED) is 0.293. The minimum atomic E-state index is -0.251. The summed E-state index contributed by atoms with van der Waals surface area (Å²) in [4.78, 5) is 28.5. The van der Waals surface area contributed by atoms with Crippen LogP contribution in [0.5, 0.6) is 0 Å². The maximum absolute atomic E-state index is 13.7. The Hall–Kier alpha value is -4.68. The Morgan fingerprint density at radius 3 is 2.82 bits per heavy atom. The Balaban J connectivity index is 1.05. The van der Waals surface area contributed by atoms with Gasteiger partial charge >= 0.3 is 0 Å². The van der Waals surface area contributed by atoms with Gasteiger partial charge in [-0.25, -0.2) is 14.4 Å². The average Bonchev–Trinajstić information content (AvgIpc) is 3.72. The van der Waals surface area contributed by atoms with Crippen LogP contribution in [0.4, 0.5) is 15.9 Å². The van der Waals surface area contributed by atoms with Crippen LogP contribution in [0.2, 0.25) is 0 Å². The van der Waals surface area contributed by atoms with Gasteiger partial charge in [-0.05, 0) is 61.3 Å². The first-order valence-corrected chi connectivity index (χ1v) is 15.6. The number of likely N-dealkylation sites (N-methyl/N-ethyl adjacent to an activating group) is 1. The second-order valence-electron chi connectivity index (χ2n) is 11.5. The second-order valence-corrected chi connectivity index (χ2v) is 12.5. The molecule has 4 aromatic heterocycles. The van der Waals surface area contributed by atoms with Crippen molar-refractivity contribution in [3.05, 3.63) is 83.8 Å². The van der Waals surface area contributed by atoms with E-state index >= 15 is 0 Å². The minimum absolute atomic E-state index is 0.114. The van der Waals surface area contributed by atoms with Crippen LogP contribution in [-0.2, 0) is 30.7 Å². The Morgan fingerprint density at radius 2 is 1.95 bits per heavy atom. The molecule has 6 aromatic rings. The van der Waals surface area contributed by atoms with Gasteiger partial charge in [0.05, 0.1) is 29.3 Å². The molecule has 1 saturated heterocycles. The molecule has 0 saturated carbocycles. The third-order valence-electron chi connectivity index (χ3n) is 8.56.